The van der Waals surface area contributed by atoms with Gasteiger partial charge in [0.2, 0.25) is 0 Å². The van der Waals surface area contributed by atoms with Crippen LogP contribution in [-0.2, 0) is 19.4 Å². The van der Waals surface area contributed by atoms with Crippen molar-refractivity contribution in [3.63, 3.8) is 0 Å². The van der Waals surface area contributed by atoms with E-state index in [-0.39, 0.29) is 0 Å². The lowest BCUT2D eigenvalue weighted by Crippen LogP contribution is -2.05. The number of unbranched alkanes of at least 4 members (excludes halogenated alkanes) is 3. The minimum absolute atomic E-state index is 0.571. The summed E-state index contributed by atoms with van der Waals surface area (Å²) >= 11 is 0. The zero-order chi connectivity index (χ0) is 20.6. The van der Waals surface area contributed by atoms with Crippen molar-refractivity contribution in [2.24, 2.45) is 5.92 Å². The van der Waals surface area contributed by atoms with Crippen LogP contribution in [0.2, 0.25) is 0 Å². The number of pyridine rings is 1. The molecule has 0 fully saturated rings. The van der Waals surface area contributed by atoms with Gasteiger partial charge in [-0.15, -0.1) is 0 Å². The average molecular weight is 389 g/mol. The van der Waals surface area contributed by atoms with Crippen LogP contribution in [0.1, 0.15) is 68.8 Å². The van der Waals surface area contributed by atoms with Crippen molar-refractivity contribution in [1.29, 1.82) is 0 Å². The van der Waals surface area contributed by atoms with E-state index in [0.717, 1.165) is 35.4 Å². The molecule has 0 aliphatic carbocycles. The van der Waals surface area contributed by atoms with E-state index in [1.54, 1.807) is 0 Å². The normalized spacial score (nSPS) is 11.3. The van der Waals surface area contributed by atoms with Gasteiger partial charge in [0.1, 0.15) is 12.4 Å². The summed E-state index contributed by atoms with van der Waals surface area (Å²) in [6, 6.07) is 16.6. The number of rotatable bonds is 10. The van der Waals surface area contributed by atoms with Crippen LogP contribution in [0.25, 0.3) is 10.9 Å². The van der Waals surface area contributed by atoms with Crippen LogP contribution in [0.15, 0.2) is 48.5 Å². The van der Waals surface area contributed by atoms with Crippen molar-refractivity contribution in [3.8, 4) is 5.75 Å². The van der Waals surface area contributed by atoms with Gasteiger partial charge in [-0.1, -0.05) is 70.4 Å². The van der Waals surface area contributed by atoms with Crippen molar-refractivity contribution in [2.75, 3.05) is 0 Å². The Labute approximate surface area is 176 Å². The van der Waals surface area contributed by atoms with Crippen LogP contribution in [0.4, 0.5) is 0 Å². The molecule has 0 bridgehead atoms. The molecule has 1 aromatic heterocycles. The lowest BCUT2D eigenvalue weighted by Gasteiger charge is -2.17. The van der Waals surface area contributed by atoms with E-state index in [1.165, 1.54) is 42.2 Å². The maximum absolute atomic E-state index is 6.08. The molecule has 0 spiro atoms. The fourth-order valence-electron chi connectivity index (χ4n) is 3.80. The van der Waals surface area contributed by atoms with Gasteiger partial charge in [-0.05, 0) is 67.0 Å². The molecular weight excluding hydrogens is 354 g/mol. The van der Waals surface area contributed by atoms with E-state index in [2.05, 4.69) is 52.0 Å². The summed E-state index contributed by atoms with van der Waals surface area (Å²) in [5.74, 6) is 1.47. The molecular formula is C27H34NO. The van der Waals surface area contributed by atoms with Crippen LogP contribution in [-0.4, -0.2) is 4.98 Å². The molecule has 2 aromatic carbocycles. The zero-order valence-corrected chi connectivity index (χ0v) is 18.2. The van der Waals surface area contributed by atoms with E-state index in [9.17, 15) is 0 Å². The topological polar surface area (TPSA) is 22.1 Å². The molecule has 0 amide bonds. The quantitative estimate of drug-likeness (QED) is 0.339. The maximum Gasteiger partial charge on any atom is 0.120 e. The largest absolute Gasteiger partial charge is 0.489 e. The first-order valence-corrected chi connectivity index (χ1v) is 11.0. The molecule has 0 aliphatic rings. The third-order valence-corrected chi connectivity index (χ3v) is 5.39. The molecule has 2 heteroatoms. The Morgan fingerprint density at radius 1 is 1.00 bits per heavy atom. The lowest BCUT2D eigenvalue weighted by molar-refractivity contribution is 0.306. The number of aryl methyl sites for hydroxylation is 1. The number of ether oxygens (including phenoxy) is 1. The molecule has 0 saturated carbocycles. The van der Waals surface area contributed by atoms with Gasteiger partial charge in [-0.2, -0.15) is 0 Å². The highest BCUT2D eigenvalue weighted by atomic mass is 16.5. The van der Waals surface area contributed by atoms with E-state index in [0.29, 0.717) is 12.5 Å². The summed E-state index contributed by atoms with van der Waals surface area (Å²) < 4.78 is 6.08. The molecule has 0 aliphatic heterocycles. The molecule has 1 radical (unpaired) electrons. The Bertz CT molecular complexity index is 915. The molecule has 0 atom stereocenters. The second-order valence-corrected chi connectivity index (χ2v) is 8.38. The summed E-state index contributed by atoms with van der Waals surface area (Å²) in [6.07, 6.45) is 7.05. The summed E-state index contributed by atoms with van der Waals surface area (Å²) in [4.78, 5) is 4.96. The van der Waals surface area contributed by atoms with Crippen LogP contribution in [0.3, 0.4) is 0 Å². The third-order valence-electron chi connectivity index (χ3n) is 5.39. The van der Waals surface area contributed by atoms with E-state index >= 15 is 0 Å². The maximum atomic E-state index is 6.08. The van der Waals surface area contributed by atoms with Gasteiger partial charge in [0.25, 0.3) is 0 Å². The summed E-state index contributed by atoms with van der Waals surface area (Å²) in [6.45, 7) is 11.8. The van der Waals surface area contributed by atoms with E-state index in [4.69, 9.17) is 9.72 Å². The third kappa shape index (κ3) is 5.82. The number of fused-ring (bicyclic) bond motifs is 1. The molecule has 1 heterocycles. The van der Waals surface area contributed by atoms with Crippen molar-refractivity contribution < 1.29 is 4.74 Å². The Kier molecular flexibility index (Phi) is 7.69. The Balaban J connectivity index is 1.90. The van der Waals surface area contributed by atoms with Gasteiger partial charge < -0.3 is 4.74 Å². The first-order valence-electron chi connectivity index (χ1n) is 11.0. The average Bonchev–Trinajstić information content (AvgIpc) is 2.72. The SMILES string of the molecule is [CH2]c1c(CC(C)C)nc2ccc(OCc3ccccc3)cc2c1CCCCCC. The summed E-state index contributed by atoms with van der Waals surface area (Å²) in [5.41, 5.74) is 5.87. The van der Waals surface area contributed by atoms with Crippen molar-refractivity contribution in [1.82, 2.24) is 4.98 Å². The van der Waals surface area contributed by atoms with Crippen molar-refractivity contribution >= 4 is 10.9 Å². The van der Waals surface area contributed by atoms with Gasteiger partial charge in [0, 0.05) is 11.1 Å². The summed E-state index contributed by atoms with van der Waals surface area (Å²) in [7, 11) is 0. The first-order chi connectivity index (χ1) is 14.1. The zero-order valence-electron chi connectivity index (χ0n) is 18.2. The number of nitrogens with zero attached hydrogens (tertiary/aromatic N) is 1. The van der Waals surface area contributed by atoms with E-state index in [1.807, 2.05) is 24.3 Å². The van der Waals surface area contributed by atoms with Gasteiger partial charge in [0.15, 0.2) is 0 Å². The second-order valence-electron chi connectivity index (χ2n) is 8.38. The highest BCUT2D eigenvalue weighted by molar-refractivity contribution is 5.85. The van der Waals surface area contributed by atoms with Crippen molar-refractivity contribution in [2.45, 2.75) is 65.9 Å². The molecule has 0 saturated heterocycles. The molecule has 153 valence electrons. The van der Waals surface area contributed by atoms with Crippen molar-refractivity contribution in [3.05, 3.63) is 77.8 Å². The molecule has 0 unspecified atom stereocenters. The predicted octanol–water partition coefficient (Wildman–Crippen LogP) is 7.32. The number of aromatic nitrogens is 1. The highest BCUT2D eigenvalue weighted by Gasteiger charge is 2.14. The predicted molar refractivity (Wildman–Crippen MR) is 123 cm³/mol. The van der Waals surface area contributed by atoms with Gasteiger partial charge in [0.05, 0.1) is 5.52 Å². The van der Waals surface area contributed by atoms with Crippen LogP contribution >= 0.6 is 0 Å². The molecule has 2 nitrogen and oxygen atoms in total. The lowest BCUT2D eigenvalue weighted by atomic mass is 9.93. The van der Waals surface area contributed by atoms with Crippen LogP contribution in [0.5, 0.6) is 5.75 Å². The first kappa shape index (κ1) is 21.4. The minimum atomic E-state index is 0.571. The molecule has 0 N–H and O–H groups in total. The van der Waals surface area contributed by atoms with Gasteiger partial charge in [-0.3, -0.25) is 4.98 Å². The fraction of sp³-hybridized carbons (Fsp3) is 0.407. The highest BCUT2D eigenvalue weighted by Crippen LogP contribution is 2.30. The van der Waals surface area contributed by atoms with Gasteiger partial charge in [-0.25, -0.2) is 0 Å². The van der Waals surface area contributed by atoms with E-state index < -0.39 is 0 Å². The van der Waals surface area contributed by atoms with Crippen LogP contribution in [0, 0.1) is 12.8 Å². The smallest absolute Gasteiger partial charge is 0.120 e. The minimum Gasteiger partial charge on any atom is -0.489 e. The molecule has 3 aromatic rings. The monoisotopic (exact) mass is 388 g/mol. The number of benzene rings is 2. The van der Waals surface area contributed by atoms with Crippen LogP contribution < -0.4 is 4.74 Å². The summed E-state index contributed by atoms with van der Waals surface area (Å²) in [5, 5.41) is 1.20. The Hall–Kier alpha value is -2.35. The van der Waals surface area contributed by atoms with Gasteiger partial charge >= 0.3 is 0 Å². The fourth-order valence-corrected chi connectivity index (χ4v) is 3.80. The second kappa shape index (κ2) is 10.4. The molecule has 3 rings (SSSR count). The Morgan fingerprint density at radius 3 is 2.52 bits per heavy atom. The Morgan fingerprint density at radius 2 is 1.79 bits per heavy atom. The number of hydrogen-bond acceptors (Lipinski definition) is 2. The standard InChI is InChI=1S/C27H34NO/c1-5-6-7-11-14-24-21(4)27(17-20(2)3)28-26-16-15-23(18-25(24)26)29-19-22-12-9-8-10-13-22/h8-10,12-13,15-16,18,20H,4-7,11,14,17,19H2,1-3H3. The molecule has 29 heavy (non-hydrogen) atoms. The number of hydrogen-bond donors (Lipinski definition) is 0.